The van der Waals surface area contributed by atoms with Gasteiger partial charge >= 0.3 is 0 Å². The Morgan fingerprint density at radius 3 is 3.20 bits per heavy atom. The molecule has 1 aliphatic rings. The number of rotatable bonds is 4. The molecule has 2 unspecified atom stereocenters. The van der Waals surface area contributed by atoms with Crippen LogP contribution in [0.1, 0.15) is 26.7 Å². The zero-order chi connectivity index (χ0) is 10.7. The number of nitrogens with one attached hydrogen (secondary N) is 1. The zero-order valence-electron chi connectivity index (χ0n) is 9.44. The van der Waals surface area contributed by atoms with Crippen molar-refractivity contribution in [2.45, 2.75) is 45.4 Å². The summed E-state index contributed by atoms with van der Waals surface area (Å²) in [5, 5.41) is 7.79. The lowest BCUT2D eigenvalue weighted by molar-refractivity contribution is 0.121. The van der Waals surface area contributed by atoms with Crippen LogP contribution in [0.3, 0.4) is 0 Å². The fraction of sp³-hybridized carbons (Fsp3) is 0.727. The molecule has 0 aliphatic carbocycles. The largest absolute Gasteiger partial charge is 0.376 e. The van der Waals surface area contributed by atoms with E-state index in [-0.39, 0.29) is 0 Å². The molecule has 2 atom stereocenters. The summed E-state index contributed by atoms with van der Waals surface area (Å²) in [7, 11) is 0. The normalized spacial score (nSPS) is 25.7. The van der Waals surface area contributed by atoms with Crippen LogP contribution in [0.15, 0.2) is 12.3 Å². The molecule has 1 fully saturated rings. The van der Waals surface area contributed by atoms with Crippen molar-refractivity contribution in [2.75, 3.05) is 11.9 Å². The lowest BCUT2D eigenvalue weighted by Gasteiger charge is -2.17. The molecule has 0 amide bonds. The number of hydrogen-bond acceptors (Lipinski definition) is 3. The van der Waals surface area contributed by atoms with Gasteiger partial charge < -0.3 is 10.1 Å². The Labute approximate surface area is 90.6 Å². The first-order valence-corrected chi connectivity index (χ1v) is 5.71. The molecule has 15 heavy (non-hydrogen) atoms. The second-order valence-corrected chi connectivity index (χ2v) is 4.06. The Bertz CT molecular complexity index is 311. The number of aryl methyl sites for hydroxylation is 1. The molecule has 1 aromatic rings. The molecule has 4 heteroatoms. The SMILES string of the molecule is CCCn1nccc1NC1CCOC1C. The van der Waals surface area contributed by atoms with E-state index in [2.05, 4.69) is 24.3 Å². The van der Waals surface area contributed by atoms with Gasteiger partial charge in [0.1, 0.15) is 5.82 Å². The average molecular weight is 209 g/mol. The highest BCUT2D eigenvalue weighted by molar-refractivity contribution is 5.35. The van der Waals surface area contributed by atoms with Gasteiger partial charge in [-0.05, 0) is 19.8 Å². The molecular formula is C11H19N3O. The van der Waals surface area contributed by atoms with E-state index in [1.54, 1.807) is 0 Å². The molecule has 1 N–H and O–H groups in total. The number of aromatic nitrogens is 2. The third-order valence-corrected chi connectivity index (χ3v) is 2.86. The Kier molecular flexibility index (Phi) is 3.26. The molecule has 0 aromatic carbocycles. The summed E-state index contributed by atoms with van der Waals surface area (Å²) in [6, 6.07) is 2.46. The molecular weight excluding hydrogens is 190 g/mol. The predicted molar refractivity (Wildman–Crippen MR) is 60.0 cm³/mol. The van der Waals surface area contributed by atoms with Crippen LogP contribution in [0.2, 0.25) is 0 Å². The summed E-state index contributed by atoms with van der Waals surface area (Å²) >= 11 is 0. The van der Waals surface area contributed by atoms with Gasteiger partial charge in [-0.1, -0.05) is 6.92 Å². The second-order valence-electron chi connectivity index (χ2n) is 4.06. The topological polar surface area (TPSA) is 39.1 Å². The third-order valence-electron chi connectivity index (χ3n) is 2.86. The van der Waals surface area contributed by atoms with E-state index in [4.69, 9.17) is 4.74 Å². The van der Waals surface area contributed by atoms with Crippen LogP contribution in [0.4, 0.5) is 5.82 Å². The molecule has 4 nitrogen and oxygen atoms in total. The van der Waals surface area contributed by atoms with E-state index in [0.717, 1.165) is 31.8 Å². The Balaban J connectivity index is 2.00. The molecule has 1 aliphatic heterocycles. The number of anilines is 1. The molecule has 0 bridgehead atoms. The van der Waals surface area contributed by atoms with Gasteiger partial charge in [-0.15, -0.1) is 0 Å². The van der Waals surface area contributed by atoms with Gasteiger partial charge in [0.05, 0.1) is 18.3 Å². The lowest BCUT2D eigenvalue weighted by Crippen LogP contribution is -2.28. The molecule has 84 valence electrons. The van der Waals surface area contributed by atoms with E-state index < -0.39 is 0 Å². The lowest BCUT2D eigenvalue weighted by atomic mass is 10.1. The number of nitrogens with zero attached hydrogens (tertiary/aromatic N) is 2. The number of hydrogen-bond donors (Lipinski definition) is 1. The summed E-state index contributed by atoms with van der Waals surface area (Å²) in [6.45, 7) is 6.11. The van der Waals surface area contributed by atoms with Crippen LogP contribution >= 0.6 is 0 Å². The van der Waals surface area contributed by atoms with Gasteiger partial charge in [-0.3, -0.25) is 0 Å². The Morgan fingerprint density at radius 2 is 2.53 bits per heavy atom. The van der Waals surface area contributed by atoms with E-state index in [0.29, 0.717) is 12.1 Å². The van der Waals surface area contributed by atoms with Crippen LogP contribution in [-0.4, -0.2) is 28.5 Å². The monoisotopic (exact) mass is 209 g/mol. The molecule has 1 aromatic heterocycles. The molecule has 0 radical (unpaired) electrons. The standard InChI is InChI=1S/C11H19N3O/c1-3-7-14-11(4-6-12-14)13-10-5-8-15-9(10)2/h4,6,9-10,13H,3,5,7-8H2,1-2H3. The highest BCUT2D eigenvalue weighted by Gasteiger charge is 2.24. The molecule has 0 saturated carbocycles. The highest BCUT2D eigenvalue weighted by atomic mass is 16.5. The van der Waals surface area contributed by atoms with Crippen LogP contribution in [0.25, 0.3) is 0 Å². The predicted octanol–water partition coefficient (Wildman–Crippen LogP) is 1.88. The maximum atomic E-state index is 5.52. The van der Waals surface area contributed by atoms with Crippen LogP contribution in [0.5, 0.6) is 0 Å². The van der Waals surface area contributed by atoms with Gasteiger partial charge in [0.2, 0.25) is 0 Å². The quantitative estimate of drug-likeness (QED) is 0.823. The van der Waals surface area contributed by atoms with Crippen molar-refractivity contribution in [2.24, 2.45) is 0 Å². The highest BCUT2D eigenvalue weighted by Crippen LogP contribution is 2.18. The van der Waals surface area contributed by atoms with Crippen molar-refractivity contribution < 1.29 is 4.74 Å². The van der Waals surface area contributed by atoms with Gasteiger partial charge in [0.25, 0.3) is 0 Å². The van der Waals surface area contributed by atoms with Crippen molar-refractivity contribution in [3.05, 3.63) is 12.3 Å². The van der Waals surface area contributed by atoms with Crippen molar-refractivity contribution in [3.8, 4) is 0 Å². The maximum absolute atomic E-state index is 5.52. The minimum Gasteiger partial charge on any atom is -0.376 e. The van der Waals surface area contributed by atoms with Gasteiger partial charge in [-0.2, -0.15) is 5.10 Å². The summed E-state index contributed by atoms with van der Waals surface area (Å²) in [4.78, 5) is 0. The van der Waals surface area contributed by atoms with Gasteiger partial charge in [0.15, 0.2) is 0 Å². The van der Waals surface area contributed by atoms with Crippen LogP contribution in [0, 0.1) is 0 Å². The molecule has 0 spiro atoms. The molecule has 2 heterocycles. The summed E-state index contributed by atoms with van der Waals surface area (Å²) in [6.07, 6.45) is 4.33. The Morgan fingerprint density at radius 1 is 1.67 bits per heavy atom. The van der Waals surface area contributed by atoms with Crippen molar-refractivity contribution >= 4 is 5.82 Å². The van der Waals surface area contributed by atoms with E-state index in [1.807, 2.05) is 16.9 Å². The second kappa shape index (κ2) is 4.66. The minimum absolute atomic E-state index is 0.301. The van der Waals surface area contributed by atoms with E-state index in [9.17, 15) is 0 Å². The third kappa shape index (κ3) is 2.31. The fourth-order valence-corrected chi connectivity index (χ4v) is 1.96. The summed E-state index contributed by atoms with van der Waals surface area (Å²) in [5.41, 5.74) is 0. The first-order valence-electron chi connectivity index (χ1n) is 5.71. The smallest absolute Gasteiger partial charge is 0.124 e. The van der Waals surface area contributed by atoms with Crippen molar-refractivity contribution in [1.29, 1.82) is 0 Å². The van der Waals surface area contributed by atoms with E-state index >= 15 is 0 Å². The van der Waals surface area contributed by atoms with Crippen molar-refractivity contribution in [3.63, 3.8) is 0 Å². The van der Waals surface area contributed by atoms with Crippen LogP contribution < -0.4 is 5.32 Å². The van der Waals surface area contributed by atoms with Crippen LogP contribution in [-0.2, 0) is 11.3 Å². The minimum atomic E-state index is 0.301. The Hall–Kier alpha value is -1.03. The van der Waals surface area contributed by atoms with Gasteiger partial charge in [-0.25, -0.2) is 4.68 Å². The first kappa shape index (κ1) is 10.5. The average Bonchev–Trinajstić information content (AvgIpc) is 2.80. The molecule has 1 saturated heterocycles. The summed E-state index contributed by atoms with van der Waals surface area (Å²) in [5.74, 6) is 1.11. The van der Waals surface area contributed by atoms with E-state index in [1.165, 1.54) is 0 Å². The molecule has 2 rings (SSSR count). The van der Waals surface area contributed by atoms with Gasteiger partial charge in [0, 0.05) is 19.2 Å². The fourth-order valence-electron chi connectivity index (χ4n) is 1.96. The number of ether oxygens (including phenoxy) is 1. The van der Waals surface area contributed by atoms with Crippen molar-refractivity contribution in [1.82, 2.24) is 9.78 Å². The first-order chi connectivity index (χ1) is 7.31. The summed E-state index contributed by atoms with van der Waals surface area (Å²) < 4.78 is 7.54. The maximum Gasteiger partial charge on any atom is 0.124 e. The zero-order valence-corrected chi connectivity index (χ0v) is 9.44.